The fourth-order valence-electron chi connectivity index (χ4n) is 4.05. The van der Waals surface area contributed by atoms with Gasteiger partial charge in [-0.25, -0.2) is 9.97 Å². The van der Waals surface area contributed by atoms with E-state index in [4.69, 9.17) is 37.9 Å². The summed E-state index contributed by atoms with van der Waals surface area (Å²) in [4.78, 5) is 9.96. The minimum absolute atomic E-state index is 0.222. The van der Waals surface area contributed by atoms with Crippen molar-refractivity contribution in [3.05, 3.63) is 69.0 Å². The lowest BCUT2D eigenvalue weighted by Crippen LogP contribution is -2.13. The Kier molecular flexibility index (Phi) is 6.16. The Labute approximate surface area is 187 Å². The Morgan fingerprint density at radius 3 is 2.53 bits per heavy atom. The maximum absolute atomic E-state index is 6.47. The van der Waals surface area contributed by atoms with Gasteiger partial charge in [-0.2, -0.15) is 0 Å². The van der Waals surface area contributed by atoms with Crippen LogP contribution in [-0.4, -0.2) is 17.1 Å². The van der Waals surface area contributed by atoms with Crippen molar-refractivity contribution in [1.82, 2.24) is 9.97 Å². The number of halogens is 2. The van der Waals surface area contributed by atoms with Gasteiger partial charge >= 0.3 is 0 Å². The number of hydrogen-bond acceptors (Lipinski definition) is 4. The highest BCUT2D eigenvalue weighted by Crippen LogP contribution is 2.37. The van der Waals surface area contributed by atoms with Gasteiger partial charge in [0.2, 0.25) is 0 Å². The summed E-state index contributed by atoms with van der Waals surface area (Å²) in [5, 5.41) is 4.86. The van der Waals surface area contributed by atoms with Crippen molar-refractivity contribution >= 4 is 29.0 Å². The van der Waals surface area contributed by atoms with Crippen molar-refractivity contribution < 1.29 is 4.74 Å². The summed E-state index contributed by atoms with van der Waals surface area (Å²) < 4.78 is 5.37. The molecule has 1 heterocycles. The van der Waals surface area contributed by atoms with E-state index in [-0.39, 0.29) is 6.04 Å². The molecule has 30 heavy (non-hydrogen) atoms. The third-order valence-electron chi connectivity index (χ3n) is 5.64. The standard InChI is InChI=1S/C24H25Cl2N3O/c1-4-20-23(18-9-7-15(25)13-19(18)26)27-21(5-2)24(28-20)29-22-11-6-14-12-16(30-3)8-10-17(14)22/h7-10,12-13,22H,4-6,11H2,1-3H3,(H,28,29). The Hall–Kier alpha value is -2.30. The number of methoxy groups -OCH3 is 1. The number of anilines is 1. The van der Waals surface area contributed by atoms with Crippen LogP contribution in [0.25, 0.3) is 11.3 Å². The molecule has 6 heteroatoms. The number of rotatable bonds is 6. The fourth-order valence-corrected chi connectivity index (χ4v) is 4.54. The number of fused-ring (bicyclic) bond motifs is 1. The van der Waals surface area contributed by atoms with Crippen LogP contribution in [0.2, 0.25) is 10.0 Å². The second-order valence-electron chi connectivity index (χ2n) is 7.45. The second-order valence-corrected chi connectivity index (χ2v) is 8.29. The summed E-state index contributed by atoms with van der Waals surface area (Å²) in [6.07, 6.45) is 3.59. The van der Waals surface area contributed by atoms with E-state index < -0.39 is 0 Å². The van der Waals surface area contributed by atoms with Gasteiger partial charge in [-0.15, -0.1) is 0 Å². The van der Waals surface area contributed by atoms with E-state index in [2.05, 4.69) is 31.3 Å². The average molecular weight is 442 g/mol. The Bertz CT molecular complexity index is 1080. The number of ether oxygens (including phenoxy) is 1. The van der Waals surface area contributed by atoms with Gasteiger partial charge in [-0.1, -0.05) is 43.1 Å². The minimum atomic E-state index is 0.222. The van der Waals surface area contributed by atoms with Crippen LogP contribution in [0.3, 0.4) is 0 Å². The summed E-state index contributed by atoms with van der Waals surface area (Å²) in [7, 11) is 1.70. The molecule has 0 aliphatic heterocycles. The highest BCUT2D eigenvalue weighted by Gasteiger charge is 2.25. The van der Waals surface area contributed by atoms with Crippen LogP contribution >= 0.6 is 23.2 Å². The molecule has 0 amide bonds. The van der Waals surface area contributed by atoms with Crippen molar-refractivity contribution in [2.75, 3.05) is 12.4 Å². The van der Waals surface area contributed by atoms with Gasteiger partial charge in [0.1, 0.15) is 11.6 Å². The van der Waals surface area contributed by atoms with Gasteiger partial charge in [0, 0.05) is 10.6 Å². The molecular formula is C24H25Cl2N3O. The Balaban J connectivity index is 1.70. The number of aryl methyl sites for hydroxylation is 3. The van der Waals surface area contributed by atoms with Crippen molar-refractivity contribution in [1.29, 1.82) is 0 Å². The molecule has 1 aromatic heterocycles. The Morgan fingerprint density at radius 1 is 1.03 bits per heavy atom. The lowest BCUT2D eigenvalue weighted by Gasteiger charge is -2.19. The summed E-state index contributed by atoms with van der Waals surface area (Å²) in [6, 6.07) is 12.0. The number of benzene rings is 2. The van der Waals surface area contributed by atoms with E-state index in [0.29, 0.717) is 10.0 Å². The van der Waals surface area contributed by atoms with E-state index in [0.717, 1.165) is 59.9 Å². The van der Waals surface area contributed by atoms with Crippen molar-refractivity contribution in [2.24, 2.45) is 0 Å². The lowest BCUT2D eigenvalue weighted by atomic mass is 10.1. The first kappa shape index (κ1) is 21.0. The molecule has 1 N–H and O–H groups in total. The molecule has 2 aromatic carbocycles. The molecule has 0 radical (unpaired) electrons. The first-order valence-corrected chi connectivity index (χ1v) is 11.1. The van der Waals surface area contributed by atoms with E-state index in [1.165, 1.54) is 11.1 Å². The minimum Gasteiger partial charge on any atom is -0.497 e. The SMILES string of the molecule is CCc1nc(-c2ccc(Cl)cc2Cl)c(CC)nc1NC1CCc2cc(OC)ccc21. The predicted molar refractivity (Wildman–Crippen MR) is 124 cm³/mol. The lowest BCUT2D eigenvalue weighted by molar-refractivity contribution is 0.414. The van der Waals surface area contributed by atoms with Gasteiger partial charge in [0.15, 0.2) is 0 Å². The number of aromatic nitrogens is 2. The largest absolute Gasteiger partial charge is 0.497 e. The van der Waals surface area contributed by atoms with Crippen molar-refractivity contribution in [3.8, 4) is 17.0 Å². The molecule has 1 aliphatic rings. The van der Waals surface area contributed by atoms with Crippen LogP contribution in [0.1, 0.15) is 48.8 Å². The highest BCUT2D eigenvalue weighted by molar-refractivity contribution is 6.36. The molecule has 156 valence electrons. The quantitative estimate of drug-likeness (QED) is 0.462. The highest BCUT2D eigenvalue weighted by atomic mass is 35.5. The molecular weight excluding hydrogens is 417 g/mol. The van der Waals surface area contributed by atoms with Crippen LogP contribution < -0.4 is 10.1 Å². The average Bonchev–Trinajstić information content (AvgIpc) is 3.15. The molecule has 1 unspecified atom stereocenters. The predicted octanol–water partition coefficient (Wildman–Crippen LogP) is 6.68. The molecule has 0 fully saturated rings. The zero-order valence-corrected chi connectivity index (χ0v) is 18.9. The summed E-state index contributed by atoms with van der Waals surface area (Å²) >= 11 is 12.5. The molecule has 3 aromatic rings. The first-order chi connectivity index (χ1) is 14.5. The van der Waals surface area contributed by atoms with Crippen LogP contribution in [-0.2, 0) is 19.3 Å². The second kappa shape index (κ2) is 8.83. The van der Waals surface area contributed by atoms with Gasteiger partial charge < -0.3 is 10.1 Å². The molecule has 4 nitrogen and oxygen atoms in total. The number of nitrogens with one attached hydrogen (secondary N) is 1. The summed E-state index contributed by atoms with van der Waals surface area (Å²) in [6.45, 7) is 4.19. The molecule has 1 aliphatic carbocycles. The zero-order chi connectivity index (χ0) is 21.3. The normalized spacial score (nSPS) is 15.2. The molecule has 0 saturated heterocycles. The maximum Gasteiger partial charge on any atom is 0.148 e. The zero-order valence-electron chi connectivity index (χ0n) is 17.4. The van der Waals surface area contributed by atoms with Crippen LogP contribution in [0, 0.1) is 0 Å². The smallest absolute Gasteiger partial charge is 0.148 e. The van der Waals surface area contributed by atoms with Crippen molar-refractivity contribution in [3.63, 3.8) is 0 Å². The van der Waals surface area contributed by atoms with Crippen molar-refractivity contribution in [2.45, 2.75) is 45.6 Å². The van der Waals surface area contributed by atoms with Crippen LogP contribution in [0.4, 0.5) is 5.82 Å². The fraction of sp³-hybridized carbons (Fsp3) is 0.333. The topological polar surface area (TPSA) is 47.0 Å². The van der Waals surface area contributed by atoms with Crippen LogP contribution in [0.5, 0.6) is 5.75 Å². The molecule has 0 spiro atoms. The summed E-state index contributed by atoms with van der Waals surface area (Å²) in [5.74, 6) is 1.76. The van der Waals surface area contributed by atoms with Crippen LogP contribution in [0.15, 0.2) is 36.4 Å². The Morgan fingerprint density at radius 2 is 1.83 bits per heavy atom. The van der Waals surface area contributed by atoms with E-state index in [1.807, 2.05) is 18.2 Å². The van der Waals surface area contributed by atoms with E-state index in [1.54, 1.807) is 13.2 Å². The molecule has 0 bridgehead atoms. The van der Waals surface area contributed by atoms with Gasteiger partial charge in [-0.3, -0.25) is 0 Å². The van der Waals surface area contributed by atoms with E-state index in [9.17, 15) is 0 Å². The maximum atomic E-state index is 6.47. The number of hydrogen-bond donors (Lipinski definition) is 1. The third-order valence-corrected chi connectivity index (χ3v) is 6.18. The number of nitrogens with zero attached hydrogens (tertiary/aromatic N) is 2. The first-order valence-electron chi connectivity index (χ1n) is 10.3. The summed E-state index contributed by atoms with van der Waals surface area (Å²) in [5.41, 5.74) is 6.20. The third kappa shape index (κ3) is 3.99. The monoisotopic (exact) mass is 441 g/mol. The van der Waals surface area contributed by atoms with Gasteiger partial charge in [0.25, 0.3) is 0 Å². The van der Waals surface area contributed by atoms with Gasteiger partial charge in [0.05, 0.1) is 35.3 Å². The molecule has 4 rings (SSSR count). The molecule has 1 atom stereocenters. The van der Waals surface area contributed by atoms with Gasteiger partial charge in [-0.05, 0) is 67.1 Å². The van der Waals surface area contributed by atoms with E-state index >= 15 is 0 Å². The molecule has 0 saturated carbocycles.